The van der Waals surface area contributed by atoms with Crippen LogP contribution in [0.15, 0.2) is 24.3 Å². The van der Waals surface area contributed by atoms with Crippen LogP contribution in [-0.2, 0) is 17.8 Å². The third kappa shape index (κ3) is 2.99. The van der Waals surface area contributed by atoms with E-state index in [1.54, 1.807) is 0 Å². The highest BCUT2D eigenvalue weighted by Crippen LogP contribution is 2.26. The van der Waals surface area contributed by atoms with Gasteiger partial charge >= 0.3 is 0 Å². The SMILES string of the molecule is CCc1ccc(CN2CCC(=O)C(C)(C)C2)cc1. The zero-order chi connectivity index (χ0) is 13.2. The summed E-state index contributed by atoms with van der Waals surface area (Å²) in [6, 6.07) is 8.83. The number of Topliss-reactive ketones (excluding diaryl/α,β-unsaturated/α-hetero) is 1. The Morgan fingerprint density at radius 3 is 2.33 bits per heavy atom. The molecule has 0 saturated carbocycles. The number of benzene rings is 1. The van der Waals surface area contributed by atoms with Gasteiger partial charge < -0.3 is 0 Å². The molecule has 1 aliphatic heterocycles. The second-order valence-corrected chi connectivity index (χ2v) is 5.94. The van der Waals surface area contributed by atoms with Crippen LogP contribution in [0.1, 0.15) is 38.3 Å². The molecule has 1 aromatic carbocycles. The third-order valence-corrected chi connectivity index (χ3v) is 3.87. The summed E-state index contributed by atoms with van der Waals surface area (Å²) in [6.07, 6.45) is 1.78. The van der Waals surface area contributed by atoms with Gasteiger partial charge in [0.2, 0.25) is 0 Å². The molecule has 1 saturated heterocycles. The fourth-order valence-corrected chi connectivity index (χ4v) is 2.60. The normalized spacial score (nSPS) is 20.1. The van der Waals surface area contributed by atoms with E-state index in [0.717, 1.165) is 26.1 Å². The average Bonchev–Trinajstić information content (AvgIpc) is 2.34. The molecule has 1 heterocycles. The molecule has 0 aliphatic carbocycles. The Bertz CT molecular complexity index is 419. The Morgan fingerprint density at radius 1 is 1.17 bits per heavy atom. The molecular weight excluding hydrogens is 222 g/mol. The van der Waals surface area contributed by atoms with Gasteiger partial charge in [-0.2, -0.15) is 0 Å². The molecule has 0 bridgehead atoms. The first kappa shape index (κ1) is 13.3. The van der Waals surface area contributed by atoms with Crippen molar-refractivity contribution >= 4 is 5.78 Å². The summed E-state index contributed by atoms with van der Waals surface area (Å²) in [4.78, 5) is 14.2. The van der Waals surface area contributed by atoms with Gasteiger partial charge in [-0.1, -0.05) is 45.0 Å². The Morgan fingerprint density at radius 2 is 1.78 bits per heavy atom. The lowest BCUT2D eigenvalue weighted by Crippen LogP contribution is -2.45. The first-order valence-electron chi connectivity index (χ1n) is 6.85. The highest BCUT2D eigenvalue weighted by molar-refractivity contribution is 5.85. The van der Waals surface area contributed by atoms with Gasteiger partial charge in [-0.3, -0.25) is 9.69 Å². The Labute approximate surface area is 110 Å². The monoisotopic (exact) mass is 245 g/mol. The first-order chi connectivity index (χ1) is 8.51. The van der Waals surface area contributed by atoms with Crippen molar-refractivity contribution in [1.29, 1.82) is 0 Å². The first-order valence-corrected chi connectivity index (χ1v) is 6.85. The maximum absolute atomic E-state index is 11.8. The van der Waals surface area contributed by atoms with Crippen LogP contribution >= 0.6 is 0 Å². The van der Waals surface area contributed by atoms with E-state index in [-0.39, 0.29) is 5.41 Å². The van der Waals surface area contributed by atoms with E-state index in [9.17, 15) is 4.79 Å². The van der Waals surface area contributed by atoms with Crippen molar-refractivity contribution in [2.45, 2.75) is 40.2 Å². The number of hydrogen-bond donors (Lipinski definition) is 0. The molecule has 2 heteroatoms. The number of ketones is 1. The highest BCUT2D eigenvalue weighted by Gasteiger charge is 2.33. The van der Waals surface area contributed by atoms with Crippen molar-refractivity contribution in [3.8, 4) is 0 Å². The molecule has 0 aromatic heterocycles. The van der Waals surface area contributed by atoms with Crippen LogP contribution in [0.4, 0.5) is 0 Å². The van der Waals surface area contributed by atoms with Crippen molar-refractivity contribution in [3.05, 3.63) is 35.4 Å². The largest absolute Gasteiger partial charge is 0.299 e. The van der Waals surface area contributed by atoms with Gasteiger partial charge in [0.05, 0.1) is 0 Å². The predicted octanol–water partition coefficient (Wildman–Crippen LogP) is 3.05. The molecule has 0 radical (unpaired) electrons. The molecule has 1 aromatic rings. The molecule has 2 nitrogen and oxygen atoms in total. The number of hydrogen-bond acceptors (Lipinski definition) is 2. The lowest BCUT2D eigenvalue weighted by atomic mass is 9.82. The van der Waals surface area contributed by atoms with Gasteiger partial charge in [0.1, 0.15) is 5.78 Å². The zero-order valence-corrected chi connectivity index (χ0v) is 11.7. The predicted molar refractivity (Wildman–Crippen MR) is 74.5 cm³/mol. The fourth-order valence-electron chi connectivity index (χ4n) is 2.60. The van der Waals surface area contributed by atoms with Crippen molar-refractivity contribution in [3.63, 3.8) is 0 Å². The van der Waals surface area contributed by atoms with Crippen LogP contribution in [0.3, 0.4) is 0 Å². The number of nitrogens with zero attached hydrogens (tertiary/aromatic N) is 1. The molecule has 0 unspecified atom stereocenters. The Hall–Kier alpha value is -1.15. The Balaban J connectivity index is 1.99. The van der Waals surface area contributed by atoms with Gasteiger partial charge in [-0.25, -0.2) is 0 Å². The maximum Gasteiger partial charge on any atom is 0.141 e. The van der Waals surface area contributed by atoms with Crippen LogP contribution in [-0.4, -0.2) is 23.8 Å². The van der Waals surface area contributed by atoms with Gasteiger partial charge in [-0.05, 0) is 17.5 Å². The highest BCUT2D eigenvalue weighted by atomic mass is 16.1. The number of likely N-dealkylation sites (tertiary alicyclic amines) is 1. The van der Waals surface area contributed by atoms with E-state index < -0.39 is 0 Å². The van der Waals surface area contributed by atoms with Gasteiger partial charge in [0.15, 0.2) is 0 Å². The lowest BCUT2D eigenvalue weighted by molar-refractivity contribution is -0.131. The second-order valence-electron chi connectivity index (χ2n) is 5.94. The van der Waals surface area contributed by atoms with Crippen molar-refractivity contribution < 1.29 is 4.79 Å². The molecule has 0 amide bonds. The van der Waals surface area contributed by atoms with E-state index in [1.807, 2.05) is 0 Å². The van der Waals surface area contributed by atoms with E-state index in [2.05, 4.69) is 49.9 Å². The van der Waals surface area contributed by atoms with Crippen LogP contribution in [0, 0.1) is 5.41 Å². The fraction of sp³-hybridized carbons (Fsp3) is 0.562. The number of carbonyl (C=O) groups excluding carboxylic acids is 1. The lowest BCUT2D eigenvalue weighted by Gasteiger charge is -2.36. The van der Waals surface area contributed by atoms with E-state index in [0.29, 0.717) is 12.2 Å². The molecule has 1 fully saturated rings. The van der Waals surface area contributed by atoms with E-state index >= 15 is 0 Å². The van der Waals surface area contributed by atoms with E-state index in [4.69, 9.17) is 0 Å². The van der Waals surface area contributed by atoms with Gasteiger partial charge in [-0.15, -0.1) is 0 Å². The average molecular weight is 245 g/mol. The topological polar surface area (TPSA) is 20.3 Å². The minimum atomic E-state index is -0.179. The molecule has 1 aliphatic rings. The molecule has 0 atom stereocenters. The minimum absolute atomic E-state index is 0.179. The summed E-state index contributed by atoms with van der Waals surface area (Å²) in [6.45, 7) is 9.02. The molecule has 2 rings (SSSR count). The summed E-state index contributed by atoms with van der Waals surface area (Å²) in [5, 5.41) is 0. The molecule has 0 spiro atoms. The quantitative estimate of drug-likeness (QED) is 0.815. The van der Waals surface area contributed by atoms with Crippen molar-refractivity contribution in [1.82, 2.24) is 4.90 Å². The van der Waals surface area contributed by atoms with Crippen LogP contribution in [0.25, 0.3) is 0 Å². The molecule has 18 heavy (non-hydrogen) atoms. The smallest absolute Gasteiger partial charge is 0.141 e. The summed E-state index contributed by atoms with van der Waals surface area (Å²) in [5.41, 5.74) is 2.55. The maximum atomic E-state index is 11.8. The van der Waals surface area contributed by atoms with Crippen LogP contribution < -0.4 is 0 Å². The standard InChI is InChI=1S/C16H23NO/c1-4-13-5-7-14(8-6-13)11-17-10-9-15(18)16(2,3)12-17/h5-8H,4,9-12H2,1-3H3. The molecular formula is C16H23NO. The Kier molecular flexibility index (Phi) is 3.86. The number of aryl methyl sites for hydroxylation is 1. The second kappa shape index (κ2) is 5.23. The molecule has 98 valence electrons. The van der Waals surface area contributed by atoms with Crippen LogP contribution in [0.2, 0.25) is 0 Å². The number of rotatable bonds is 3. The summed E-state index contributed by atoms with van der Waals surface area (Å²) in [7, 11) is 0. The van der Waals surface area contributed by atoms with Gasteiger partial charge in [0.25, 0.3) is 0 Å². The molecule has 0 N–H and O–H groups in total. The minimum Gasteiger partial charge on any atom is -0.299 e. The van der Waals surface area contributed by atoms with Crippen molar-refractivity contribution in [2.24, 2.45) is 5.41 Å². The zero-order valence-electron chi connectivity index (χ0n) is 11.7. The number of piperidine rings is 1. The van der Waals surface area contributed by atoms with Crippen molar-refractivity contribution in [2.75, 3.05) is 13.1 Å². The van der Waals surface area contributed by atoms with E-state index in [1.165, 1.54) is 11.1 Å². The summed E-state index contributed by atoms with van der Waals surface area (Å²) in [5.74, 6) is 0.403. The summed E-state index contributed by atoms with van der Waals surface area (Å²) >= 11 is 0. The summed E-state index contributed by atoms with van der Waals surface area (Å²) < 4.78 is 0. The number of carbonyl (C=O) groups is 1. The third-order valence-electron chi connectivity index (χ3n) is 3.87. The van der Waals surface area contributed by atoms with Gasteiger partial charge in [0, 0.05) is 31.5 Å². The van der Waals surface area contributed by atoms with Crippen LogP contribution in [0.5, 0.6) is 0 Å².